The van der Waals surface area contributed by atoms with Gasteiger partial charge in [-0.05, 0) is 31.7 Å². The Morgan fingerprint density at radius 2 is 2.00 bits per heavy atom. The molecule has 0 amide bonds. The highest BCUT2D eigenvalue weighted by molar-refractivity contribution is 6.11. The van der Waals surface area contributed by atoms with Gasteiger partial charge in [0.25, 0.3) is 0 Å². The number of hydrogen-bond acceptors (Lipinski definition) is 5. The number of ether oxygens (including phenoxy) is 1. The van der Waals surface area contributed by atoms with E-state index >= 15 is 0 Å². The first-order valence-electron chi connectivity index (χ1n) is 9.52. The average Bonchev–Trinajstić information content (AvgIpc) is 2.62. The van der Waals surface area contributed by atoms with Gasteiger partial charge in [0.15, 0.2) is 11.4 Å². The van der Waals surface area contributed by atoms with Crippen LogP contribution in [0.25, 0.3) is 11.0 Å². The molecule has 1 N–H and O–H groups in total. The van der Waals surface area contributed by atoms with Gasteiger partial charge in [-0.2, -0.15) is 0 Å². The van der Waals surface area contributed by atoms with Crippen LogP contribution in [0, 0.1) is 0 Å². The third kappa shape index (κ3) is 3.48. The molecule has 1 unspecified atom stereocenters. The number of ketones is 1. The number of hydrogen-bond donors (Lipinski definition) is 1. The number of aromatic hydroxyl groups is 1. The van der Waals surface area contributed by atoms with E-state index in [-0.39, 0.29) is 35.2 Å². The quantitative estimate of drug-likeness (QED) is 0.627. The van der Waals surface area contributed by atoms with Crippen molar-refractivity contribution in [1.29, 1.82) is 0 Å². The Morgan fingerprint density at radius 3 is 2.62 bits per heavy atom. The predicted octanol–water partition coefficient (Wildman–Crippen LogP) is 4.78. The molecule has 26 heavy (non-hydrogen) atoms. The molecule has 0 spiro atoms. The van der Waals surface area contributed by atoms with Crippen LogP contribution in [0.3, 0.4) is 0 Å². The third-order valence-electron chi connectivity index (χ3n) is 4.53. The number of carbonyl (C=O) groups is 1. The van der Waals surface area contributed by atoms with Crippen molar-refractivity contribution in [3.63, 3.8) is 0 Å². The summed E-state index contributed by atoms with van der Waals surface area (Å²) >= 11 is 0. The topological polar surface area (TPSA) is 76.7 Å². The highest BCUT2D eigenvalue weighted by Crippen LogP contribution is 2.45. The Bertz CT molecular complexity index is 863. The van der Waals surface area contributed by atoms with Crippen molar-refractivity contribution in [2.45, 2.75) is 72.8 Å². The molecule has 0 bridgehead atoms. The lowest BCUT2D eigenvalue weighted by molar-refractivity contribution is 0.0985. The normalized spacial score (nSPS) is 15.7. The summed E-state index contributed by atoms with van der Waals surface area (Å²) in [6.07, 6.45) is 3.16. The zero-order valence-electron chi connectivity index (χ0n) is 16.3. The first kappa shape index (κ1) is 20.0. The van der Waals surface area contributed by atoms with Gasteiger partial charge in [0, 0.05) is 18.1 Å². The van der Waals surface area contributed by atoms with Crippen LogP contribution in [-0.2, 0) is 12.8 Å². The van der Waals surface area contributed by atoms with Crippen molar-refractivity contribution >= 4 is 16.8 Å². The fraction of sp³-hybridized carbons (Fsp3) is 0.524. The lowest BCUT2D eigenvalue weighted by atomic mass is 9.91. The minimum atomic E-state index is -0.515. The molecule has 1 aromatic heterocycles. The number of phenolic OH excluding ortho intramolecular Hbond substituents is 1. The van der Waals surface area contributed by atoms with Gasteiger partial charge in [-0.25, -0.2) is 4.79 Å². The number of phenols is 1. The van der Waals surface area contributed by atoms with Gasteiger partial charge in [-0.15, -0.1) is 0 Å². The maximum absolute atomic E-state index is 12.4. The van der Waals surface area contributed by atoms with Gasteiger partial charge >= 0.3 is 5.63 Å². The summed E-state index contributed by atoms with van der Waals surface area (Å²) in [7, 11) is 0. The van der Waals surface area contributed by atoms with Crippen LogP contribution in [0.4, 0.5) is 0 Å². The Morgan fingerprint density at radius 1 is 1.31 bits per heavy atom. The molecule has 5 heteroatoms. The molecule has 2 heterocycles. The first-order valence-corrected chi connectivity index (χ1v) is 9.52. The largest absolute Gasteiger partial charge is 0.507 e. The zero-order chi connectivity index (χ0) is 19.4. The number of fused-ring (bicyclic) bond motifs is 3. The summed E-state index contributed by atoms with van der Waals surface area (Å²) in [4.78, 5) is 24.4. The van der Waals surface area contributed by atoms with Gasteiger partial charge in [0.2, 0.25) is 0 Å². The summed E-state index contributed by atoms with van der Waals surface area (Å²) in [5, 5.41) is 11.3. The highest BCUT2D eigenvalue weighted by atomic mass is 16.5. The molecule has 1 atom stereocenters. The van der Waals surface area contributed by atoms with E-state index in [9.17, 15) is 14.7 Å². The molecule has 0 saturated carbocycles. The zero-order valence-corrected chi connectivity index (χ0v) is 16.3. The second kappa shape index (κ2) is 8.39. The maximum Gasteiger partial charge on any atom is 0.336 e. The number of rotatable bonds is 4. The Labute approximate surface area is 154 Å². The molecule has 1 aliphatic rings. The van der Waals surface area contributed by atoms with Crippen LogP contribution in [-0.4, -0.2) is 17.0 Å². The summed E-state index contributed by atoms with van der Waals surface area (Å²) in [5.74, 6) is 0.213. The summed E-state index contributed by atoms with van der Waals surface area (Å²) in [6, 6.07) is 1.46. The predicted molar refractivity (Wildman–Crippen MR) is 103 cm³/mol. The van der Waals surface area contributed by atoms with Gasteiger partial charge in [-0.1, -0.05) is 34.1 Å². The molecular formula is C21H28O5. The molecule has 0 saturated heterocycles. The van der Waals surface area contributed by atoms with E-state index in [4.69, 9.17) is 9.15 Å². The van der Waals surface area contributed by atoms with Crippen LogP contribution in [0.15, 0.2) is 15.3 Å². The van der Waals surface area contributed by atoms with Gasteiger partial charge in [0.1, 0.15) is 17.1 Å². The van der Waals surface area contributed by atoms with Crippen LogP contribution in [0.2, 0.25) is 0 Å². The second-order valence-electron chi connectivity index (χ2n) is 6.32. The number of aryl methyl sites for hydroxylation is 1. The van der Waals surface area contributed by atoms with Crippen LogP contribution in [0.1, 0.15) is 75.4 Å². The standard InChI is InChI=1S/C19H22O5.C2H6/c1-4-6-11-9-14(21)24-19-15(11)18-12(8-7-10(3)23-18)17(22)16(19)13(20)5-2;1-2/h9-10,22H,4-8H2,1-3H3;1-2H3. The lowest BCUT2D eigenvalue weighted by Gasteiger charge is -2.27. The lowest BCUT2D eigenvalue weighted by Crippen LogP contribution is -2.21. The van der Waals surface area contributed by atoms with E-state index < -0.39 is 5.63 Å². The van der Waals surface area contributed by atoms with Crippen molar-refractivity contribution < 1.29 is 19.1 Å². The van der Waals surface area contributed by atoms with E-state index in [1.54, 1.807) is 6.92 Å². The summed E-state index contributed by atoms with van der Waals surface area (Å²) in [6.45, 7) is 9.71. The summed E-state index contributed by atoms with van der Waals surface area (Å²) in [5.41, 5.74) is 1.20. The molecule has 1 aromatic carbocycles. The van der Waals surface area contributed by atoms with Crippen molar-refractivity contribution in [3.05, 3.63) is 33.2 Å². The number of Topliss-reactive ketones (excluding diaryl/α,β-unsaturated/α-hetero) is 1. The molecule has 2 aromatic rings. The van der Waals surface area contributed by atoms with Gasteiger partial charge < -0.3 is 14.3 Å². The smallest absolute Gasteiger partial charge is 0.336 e. The van der Waals surface area contributed by atoms with Crippen molar-refractivity contribution in [3.8, 4) is 11.5 Å². The van der Waals surface area contributed by atoms with Gasteiger partial charge in [-0.3, -0.25) is 4.79 Å². The molecule has 5 nitrogen and oxygen atoms in total. The Kier molecular flexibility index (Phi) is 6.46. The van der Waals surface area contributed by atoms with Crippen molar-refractivity contribution in [1.82, 2.24) is 0 Å². The number of carbonyl (C=O) groups excluding carboxylic acids is 1. The van der Waals surface area contributed by atoms with E-state index in [0.29, 0.717) is 29.5 Å². The average molecular weight is 360 g/mol. The molecule has 0 aliphatic carbocycles. The fourth-order valence-electron chi connectivity index (χ4n) is 3.35. The minimum absolute atomic E-state index is 0.00855. The summed E-state index contributed by atoms with van der Waals surface area (Å²) < 4.78 is 11.4. The molecule has 142 valence electrons. The minimum Gasteiger partial charge on any atom is -0.507 e. The fourth-order valence-corrected chi connectivity index (χ4v) is 3.35. The van der Waals surface area contributed by atoms with Crippen LogP contribution >= 0.6 is 0 Å². The highest BCUT2D eigenvalue weighted by Gasteiger charge is 2.30. The molecule has 0 radical (unpaired) electrons. The molecule has 0 fully saturated rings. The second-order valence-corrected chi connectivity index (χ2v) is 6.32. The van der Waals surface area contributed by atoms with E-state index in [2.05, 4.69) is 0 Å². The SMILES string of the molecule is CC.CCCc1cc(=O)oc2c(C(=O)CC)c(O)c3c(c12)OC(C)CC3. The maximum atomic E-state index is 12.4. The molecule has 1 aliphatic heterocycles. The van der Waals surface area contributed by atoms with Crippen LogP contribution in [0.5, 0.6) is 11.5 Å². The Hall–Kier alpha value is -2.30. The van der Waals surface area contributed by atoms with Crippen molar-refractivity contribution in [2.75, 3.05) is 0 Å². The van der Waals surface area contributed by atoms with Gasteiger partial charge in [0.05, 0.1) is 11.5 Å². The van der Waals surface area contributed by atoms with Crippen LogP contribution < -0.4 is 10.4 Å². The van der Waals surface area contributed by atoms with Crippen molar-refractivity contribution in [2.24, 2.45) is 0 Å². The third-order valence-corrected chi connectivity index (χ3v) is 4.53. The molecule has 3 rings (SSSR count). The first-order chi connectivity index (χ1) is 12.5. The number of benzene rings is 1. The van der Waals surface area contributed by atoms with E-state index in [0.717, 1.165) is 18.4 Å². The van der Waals surface area contributed by atoms with E-state index in [1.165, 1.54) is 6.07 Å². The monoisotopic (exact) mass is 360 g/mol. The Balaban J connectivity index is 0.00000117. The molecular weight excluding hydrogens is 332 g/mol. The van der Waals surface area contributed by atoms with E-state index in [1.807, 2.05) is 27.7 Å².